The fourth-order valence-electron chi connectivity index (χ4n) is 2.85. The number of carbonyl (C=O) groups excluding carboxylic acids is 1. The molecule has 0 bridgehead atoms. The molecule has 0 radical (unpaired) electrons. The van der Waals surface area contributed by atoms with Crippen LogP contribution < -0.4 is 0 Å². The van der Waals surface area contributed by atoms with Crippen molar-refractivity contribution in [1.82, 2.24) is 0 Å². The van der Waals surface area contributed by atoms with Gasteiger partial charge in [-0.15, -0.1) is 0 Å². The minimum Gasteiger partial charge on any atom is -0.294 e. The zero-order chi connectivity index (χ0) is 12.5. The number of rotatable bonds is 3. The molecule has 3 rings (SSSR count). The van der Waals surface area contributed by atoms with E-state index < -0.39 is 0 Å². The van der Waals surface area contributed by atoms with Crippen molar-refractivity contribution < 1.29 is 4.79 Å². The molecule has 0 aliphatic heterocycles. The van der Waals surface area contributed by atoms with E-state index in [9.17, 15) is 4.79 Å². The van der Waals surface area contributed by atoms with Gasteiger partial charge >= 0.3 is 0 Å². The molecule has 2 aromatic rings. The average molecular weight is 236 g/mol. The molecule has 0 N–H and O–H groups in total. The third-order valence-corrected chi connectivity index (χ3v) is 3.92. The molecule has 3 atom stereocenters. The highest BCUT2D eigenvalue weighted by Gasteiger charge is 2.51. The van der Waals surface area contributed by atoms with Crippen molar-refractivity contribution in [3.63, 3.8) is 0 Å². The highest BCUT2D eigenvalue weighted by atomic mass is 16.1. The molecule has 18 heavy (non-hydrogen) atoms. The van der Waals surface area contributed by atoms with Gasteiger partial charge in [-0.1, -0.05) is 67.6 Å². The number of hydrogen-bond acceptors (Lipinski definition) is 1. The Labute approximate surface area is 107 Å². The lowest BCUT2D eigenvalue weighted by atomic mass is 10.0. The molecule has 1 aliphatic rings. The Bertz CT molecular complexity index is 544. The Morgan fingerprint density at radius 2 is 1.44 bits per heavy atom. The highest BCUT2D eigenvalue weighted by Crippen LogP contribution is 2.54. The smallest absolute Gasteiger partial charge is 0.166 e. The zero-order valence-electron chi connectivity index (χ0n) is 10.4. The lowest BCUT2D eigenvalue weighted by molar-refractivity contribution is 0.0960. The second-order valence-electron chi connectivity index (χ2n) is 5.05. The molecule has 0 amide bonds. The SMILES string of the molecule is CC1C(C(=O)c2ccccc2)C1c1ccccc1. The van der Waals surface area contributed by atoms with Gasteiger partial charge in [-0.3, -0.25) is 4.79 Å². The van der Waals surface area contributed by atoms with Gasteiger partial charge < -0.3 is 0 Å². The van der Waals surface area contributed by atoms with Crippen LogP contribution in [-0.4, -0.2) is 5.78 Å². The predicted octanol–water partition coefficient (Wildman–Crippen LogP) is 3.92. The molecule has 1 nitrogen and oxygen atoms in total. The van der Waals surface area contributed by atoms with E-state index in [1.807, 2.05) is 48.5 Å². The van der Waals surface area contributed by atoms with Crippen LogP contribution in [0.3, 0.4) is 0 Å². The molecule has 3 unspecified atom stereocenters. The fourth-order valence-corrected chi connectivity index (χ4v) is 2.85. The molecule has 90 valence electrons. The van der Waals surface area contributed by atoms with Crippen molar-refractivity contribution in [3.05, 3.63) is 71.8 Å². The van der Waals surface area contributed by atoms with Gasteiger partial charge in [0.05, 0.1) is 0 Å². The van der Waals surface area contributed by atoms with E-state index in [1.165, 1.54) is 5.56 Å². The summed E-state index contributed by atoms with van der Waals surface area (Å²) in [5, 5.41) is 0. The van der Waals surface area contributed by atoms with Crippen molar-refractivity contribution in [3.8, 4) is 0 Å². The van der Waals surface area contributed by atoms with Crippen LogP contribution in [0.15, 0.2) is 60.7 Å². The lowest BCUT2D eigenvalue weighted by Crippen LogP contribution is -2.03. The fraction of sp³-hybridized carbons (Fsp3) is 0.235. The van der Waals surface area contributed by atoms with Gasteiger partial charge in [-0.05, 0) is 17.4 Å². The van der Waals surface area contributed by atoms with E-state index in [4.69, 9.17) is 0 Å². The summed E-state index contributed by atoms with van der Waals surface area (Å²) in [4.78, 5) is 12.4. The minimum absolute atomic E-state index is 0.162. The quantitative estimate of drug-likeness (QED) is 0.738. The Kier molecular flexibility index (Phi) is 2.75. The number of benzene rings is 2. The second kappa shape index (κ2) is 4.41. The van der Waals surface area contributed by atoms with E-state index in [-0.39, 0.29) is 11.7 Å². The summed E-state index contributed by atoms with van der Waals surface area (Å²) < 4.78 is 0. The molecule has 2 aromatic carbocycles. The zero-order valence-corrected chi connectivity index (χ0v) is 10.4. The van der Waals surface area contributed by atoms with Crippen LogP contribution in [-0.2, 0) is 0 Å². The lowest BCUT2D eigenvalue weighted by Gasteiger charge is -2.00. The van der Waals surface area contributed by atoms with Crippen LogP contribution in [0.4, 0.5) is 0 Å². The van der Waals surface area contributed by atoms with Gasteiger partial charge in [-0.2, -0.15) is 0 Å². The third-order valence-electron chi connectivity index (χ3n) is 3.92. The van der Waals surface area contributed by atoms with Crippen molar-refractivity contribution >= 4 is 5.78 Å². The first-order valence-electron chi connectivity index (χ1n) is 6.43. The molecule has 0 saturated heterocycles. The maximum atomic E-state index is 12.4. The van der Waals surface area contributed by atoms with Gasteiger partial charge in [0.1, 0.15) is 0 Å². The molecule has 1 fully saturated rings. The highest BCUT2D eigenvalue weighted by molar-refractivity contribution is 6.00. The van der Waals surface area contributed by atoms with E-state index in [2.05, 4.69) is 19.1 Å². The number of hydrogen-bond donors (Lipinski definition) is 0. The largest absolute Gasteiger partial charge is 0.294 e. The molecule has 1 aliphatic carbocycles. The number of Topliss-reactive ketones (excluding diaryl/α,β-unsaturated/α-hetero) is 1. The number of ketones is 1. The summed E-state index contributed by atoms with van der Waals surface area (Å²) >= 11 is 0. The predicted molar refractivity (Wildman–Crippen MR) is 72.6 cm³/mol. The third kappa shape index (κ3) is 1.86. The monoisotopic (exact) mass is 236 g/mol. The normalized spacial score (nSPS) is 25.7. The van der Waals surface area contributed by atoms with Crippen molar-refractivity contribution in [1.29, 1.82) is 0 Å². The summed E-state index contributed by atoms with van der Waals surface area (Å²) in [7, 11) is 0. The summed E-state index contributed by atoms with van der Waals surface area (Å²) in [6, 6.07) is 20.0. The first kappa shape index (κ1) is 11.2. The Hall–Kier alpha value is -1.89. The van der Waals surface area contributed by atoms with Gasteiger partial charge in [0.2, 0.25) is 0 Å². The van der Waals surface area contributed by atoms with Crippen molar-refractivity contribution in [2.45, 2.75) is 12.8 Å². The first-order valence-corrected chi connectivity index (χ1v) is 6.43. The summed E-state index contributed by atoms with van der Waals surface area (Å²) in [5.74, 6) is 1.31. The minimum atomic E-state index is 0.162. The van der Waals surface area contributed by atoms with Crippen molar-refractivity contribution in [2.24, 2.45) is 11.8 Å². The van der Waals surface area contributed by atoms with Crippen LogP contribution in [0, 0.1) is 11.8 Å². The maximum absolute atomic E-state index is 12.4. The standard InChI is InChI=1S/C17H16O/c1-12-15(13-8-4-2-5-9-13)16(12)17(18)14-10-6-3-7-11-14/h2-12,15-16H,1H3. The van der Waals surface area contributed by atoms with Crippen LogP contribution in [0.5, 0.6) is 0 Å². The van der Waals surface area contributed by atoms with E-state index in [0.717, 1.165) is 5.56 Å². The summed E-state index contributed by atoms with van der Waals surface area (Å²) in [5.41, 5.74) is 2.13. The second-order valence-corrected chi connectivity index (χ2v) is 5.05. The average Bonchev–Trinajstić information content (AvgIpc) is 3.11. The van der Waals surface area contributed by atoms with Crippen LogP contribution in [0.1, 0.15) is 28.8 Å². The van der Waals surface area contributed by atoms with Gasteiger partial charge in [0.15, 0.2) is 5.78 Å². The molecular formula is C17H16O. The Morgan fingerprint density at radius 3 is 2.06 bits per heavy atom. The molecule has 0 heterocycles. The van der Waals surface area contributed by atoms with Gasteiger partial charge in [-0.25, -0.2) is 0 Å². The Morgan fingerprint density at radius 1 is 0.889 bits per heavy atom. The van der Waals surface area contributed by atoms with Crippen LogP contribution in [0.25, 0.3) is 0 Å². The molecule has 1 heteroatoms. The van der Waals surface area contributed by atoms with Crippen LogP contribution in [0.2, 0.25) is 0 Å². The van der Waals surface area contributed by atoms with E-state index in [1.54, 1.807) is 0 Å². The van der Waals surface area contributed by atoms with Gasteiger partial charge in [0.25, 0.3) is 0 Å². The number of carbonyl (C=O) groups is 1. The molecule has 1 saturated carbocycles. The molecule has 0 aromatic heterocycles. The summed E-state index contributed by atoms with van der Waals surface area (Å²) in [6.07, 6.45) is 0. The van der Waals surface area contributed by atoms with Crippen LogP contribution >= 0.6 is 0 Å². The topological polar surface area (TPSA) is 17.1 Å². The van der Waals surface area contributed by atoms with Crippen molar-refractivity contribution in [2.75, 3.05) is 0 Å². The van der Waals surface area contributed by atoms with Gasteiger partial charge in [0, 0.05) is 11.5 Å². The molecular weight excluding hydrogens is 220 g/mol. The summed E-state index contributed by atoms with van der Waals surface area (Å²) in [6.45, 7) is 2.17. The first-order chi connectivity index (χ1) is 8.79. The van der Waals surface area contributed by atoms with E-state index in [0.29, 0.717) is 11.8 Å². The Balaban J connectivity index is 1.82. The molecule has 0 spiro atoms. The maximum Gasteiger partial charge on any atom is 0.166 e. The van der Waals surface area contributed by atoms with E-state index >= 15 is 0 Å².